The van der Waals surface area contributed by atoms with Gasteiger partial charge in [-0.1, -0.05) is 79.1 Å². The third-order valence-corrected chi connectivity index (χ3v) is 6.56. The second-order valence-corrected chi connectivity index (χ2v) is 10.0. The molecule has 1 amide bonds. The topological polar surface area (TPSA) is 67.5 Å². The minimum absolute atomic E-state index is 0.125. The van der Waals surface area contributed by atoms with Gasteiger partial charge in [0.1, 0.15) is 6.04 Å². The Morgan fingerprint density at radius 2 is 1.69 bits per heavy atom. The molecule has 1 N–H and O–H groups in total. The number of benzene rings is 3. The fraction of sp³-hybridized carbons (Fsp3) is 0.233. The van der Waals surface area contributed by atoms with Gasteiger partial charge in [-0.25, -0.2) is 0 Å². The Morgan fingerprint density at radius 3 is 2.39 bits per heavy atom. The van der Waals surface area contributed by atoms with E-state index < -0.39 is 6.04 Å². The van der Waals surface area contributed by atoms with Gasteiger partial charge in [-0.2, -0.15) is 0 Å². The van der Waals surface area contributed by atoms with Crippen molar-refractivity contribution in [1.82, 2.24) is 5.16 Å². The second-order valence-electron chi connectivity index (χ2n) is 9.60. The molecule has 3 aromatic carbocycles. The summed E-state index contributed by atoms with van der Waals surface area (Å²) in [6.07, 6.45) is 1.13. The van der Waals surface area contributed by atoms with E-state index in [-0.39, 0.29) is 12.3 Å². The number of aromatic nitrogens is 1. The van der Waals surface area contributed by atoms with Crippen LogP contribution >= 0.6 is 11.6 Å². The second kappa shape index (κ2) is 10.1. The normalized spacial score (nSPS) is 14.6. The SMILES string of the molecule is Cc1noc2c1-c1ccccc1C(c1ccc(Cl)cc1)=NC2CC(=O)Nc1ccc(CC(C)C)cc1. The van der Waals surface area contributed by atoms with E-state index in [9.17, 15) is 4.79 Å². The molecule has 0 fully saturated rings. The number of carbonyl (C=O) groups is 1. The molecule has 36 heavy (non-hydrogen) atoms. The van der Waals surface area contributed by atoms with E-state index in [1.54, 1.807) is 0 Å². The van der Waals surface area contributed by atoms with Crippen LogP contribution < -0.4 is 5.32 Å². The third kappa shape index (κ3) is 4.98. The zero-order valence-corrected chi connectivity index (χ0v) is 21.3. The number of hydrogen-bond donors (Lipinski definition) is 1. The average molecular weight is 498 g/mol. The number of carbonyl (C=O) groups excluding carboxylic acids is 1. The molecule has 1 aromatic heterocycles. The van der Waals surface area contributed by atoms with Crippen molar-refractivity contribution in [1.29, 1.82) is 0 Å². The number of rotatable bonds is 6. The molecule has 0 spiro atoms. The molecule has 0 aliphatic carbocycles. The van der Waals surface area contributed by atoms with Crippen LogP contribution in [0.4, 0.5) is 5.69 Å². The molecular weight excluding hydrogens is 470 g/mol. The fourth-order valence-corrected chi connectivity index (χ4v) is 4.82. The van der Waals surface area contributed by atoms with Gasteiger partial charge in [-0.05, 0) is 54.7 Å². The van der Waals surface area contributed by atoms with Crippen LogP contribution in [0.5, 0.6) is 0 Å². The van der Waals surface area contributed by atoms with E-state index >= 15 is 0 Å². The maximum absolute atomic E-state index is 13.2. The first-order valence-corrected chi connectivity index (χ1v) is 12.6. The average Bonchev–Trinajstić information content (AvgIpc) is 3.18. The highest BCUT2D eigenvalue weighted by Gasteiger charge is 2.31. The van der Waals surface area contributed by atoms with Crippen molar-refractivity contribution < 1.29 is 9.32 Å². The molecular formula is C30H28ClN3O2. The van der Waals surface area contributed by atoms with Gasteiger partial charge >= 0.3 is 0 Å². The predicted molar refractivity (Wildman–Crippen MR) is 145 cm³/mol. The van der Waals surface area contributed by atoms with Gasteiger partial charge in [-0.3, -0.25) is 9.79 Å². The zero-order chi connectivity index (χ0) is 25.2. The van der Waals surface area contributed by atoms with Gasteiger partial charge in [0, 0.05) is 21.8 Å². The summed E-state index contributed by atoms with van der Waals surface area (Å²) >= 11 is 6.15. The van der Waals surface area contributed by atoms with Crippen molar-refractivity contribution in [2.45, 2.75) is 39.7 Å². The number of halogens is 1. The van der Waals surface area contributed by atoms with Crippen molar-refractivity contribution in [3.8, 4) is 11.1 Å². The smallest absolute Gasteiger partial charge is 0.227 e. The molecule has 5 nitrogen and oxygen atoms in total. The van der Waals surface area contributed by atoms with Gasteiger partial charge in [0.05, 0.1) is 23.4 Å². The molecule has 4 aromatic rings. The van der Waals surface area contributed by atoms with Crippen LogP contribution in [-0.4, -0.2) is 16.8 Å². The van der Waals surface area contributed by atoms with E-state index in [0.717, 1.165) is 45.8 Å². The van der Waals surface area contributed by atoms with E-state index in [2.05, 4.69) is 36.5 Å². The van der Waals surface area contributed by atoms with Crippen LogP contribution in [0.3, 0.4) is 0 Å². The lowest BCUT2D eigenvalue weighted by molar-refractivity contribution is -0.116. The highest BCUT2D eigenvalue weighted by molar-refractivity contribution is 6.30. The van der Waals surface area contributed by atoms with Crippen molar-refractivity contribution in [2.75, 3.05) is 5.32 Å². The molecule has 2 heterocycles. The Bertz CT molecular complexity index is 1420. The Kier molecular flexibility index (Phi) is 6.75. The van der Waals surface area contributed by atoms with Gasteiger partial charge < -0.3 is 9.84 Å². The Morgan fingerprint density at radius 1 is 1.00 bits per heavy atom. The summed E-state index contributed by atoms with van der Waals surface area (Å²) < 4.78 is 5.79. The number of anilines is 1. The quantitative estimate of drug-likeness (QED) is 0.301. The summed E-state index contributed by atoms with van der Waals surface area (Å²) in [4.78, 5) is 18.3. The number of aryl methyl sites for hydroxylation is 1. The lowest BCUT2D eigenvalue weighted by Crippen LogP contribution is -2.16. The molecule has 0 bridgehead atoms. The molecule has 5 rings (SSSR count). The van der Waals surface area contributed by atoms with Gasteiger partial charge in [0.15, 0.2) is 5.76 Å². The summed E-state index contributed by atoms with van der Waals surface area (Å²) in [5.41, 5.74) is 7.37. The summed E-state index contributed by atoms with van der Waals surface area (Å²) in [5, 5.41) is 7.91. The third-order valence-electron chi connectivity index (χ3n) is 6.31. The first kappa shape index (κ1) is 24.0. The van der Waals surface area contributed by atoms with Crippen LogP contribution in [0.1, 0.15) is 54.5 Å². The van der Waals surface area contributed by atoms with Gasteiger partial charge in [-0.15, -0.1) is 0 Å². The largest absolute Gasteiger partial charge is 0.358 e. The molecule has 6 heteroatoms. The predicted octanol–water partition coefficient (Wildman–Crippen LogP) is 7.42. The van der Waals surface area contributed by atoms with E-state index in [0.29, 0.717) is 16.7 Å². The minimum Gasteiger partial charge on any atom is -0.358 e. The number of hydrogen-bond acceptors (Lipinski definition) is 4. The molecule has 0 radical (unpaired) electrons. The van der Waals surface area contributed by atoms with E-state index in [1.807, 2.05) is 67.6 Å². The summed E-state index contributed by atoms with van der Waals surface area (Å²) in [5.74, 6) is 1.05. The fourth-order valence-electron chi connectivity index (χ4n) is 4.69. The van der Waals surface area contributed by atoms with Crippen LogP contribution in [0.2, 0.25) is 5.02 Å². The zero-order valence-electron chi connectivity index (χ0n) is 20.6. The first-order chi connectivity index (χ1) is 17.4. The highest BCUT2D eigenvalue weighted by Crippen LogP contribution is 2.40. The lowest BCUT2D eigenvalue weighted by atomic mass is 9.93. The molecule has 1 atom stereocenters. The van der Waals surface area contributed by atoms with E-state index in [4.69, 9.17) is 21.1 Å². The van der Waals surface area contributed by atoms with Gasteiger partial charge in [0.25, 0.3) is 0 Å². The summed E-state index contributed by atoms with van der Waals surface area (Å²) in [6, 6.07) is 23.2. The van der Waals surface area contributed by atoms with E-state index in [1.165, 1.54) is 5.56 Å². The number of nitrogens with zero attached hydrogens (tertiary/aromatic N) is 2. The molecule has 0 saturated carbocycles. The van der Waals surface area contributed by atoms with Crippen molar-refractivity contribution in [2.24, 2.45) is 10.9 Å². The number of aliphatic imine (C=N–C) groups is 1. The van der Waals surface area contributed by atoms with Crippen LogP contribution in [0, 0.1) is 12.8 Å². The Balaban J connectivity index is 1.49. The monoisotopic (exact) mass is 497 g/mol. The van der Waals surface area contributed by atoms with Crippen LogP contribution in [0.25, 0.3) is 11.1 Å². The molecule has 182 valence electrons. The Hall–Kier alpha value is -3.70. The molecule has 1 unspecified atom stereocenters. The number of amides is 1. The maximum atomic E-state index is 13.2. The summed E-state index contributed by atoms with van der Waals surface area (Å²) in [6.45, 7) is 6.31. The maximum Gasteiger partial charge on any atom is 0.227 e. The van der Waals surface area contributed by atoms with Crippen LogP contribution in [0.15, 0.2) is 82.3 Å². The molecule has 1 aliphatic rings. The Labute approximate surface area is 216 Å². The van der Waals surface area contributed by atoms with Gasteiger partial charge in [0.2, 0.25) is 5.91 Å². The lowest BCUT2D eigenvalue weighted by Gasteiger charge is -2.13. The number of fused-ring (bicyclic) bond motifs is 3. The van der Waals surface area contributed by atoms with Crippen LogP contribution in [-0.2, 0) is 11.2 Å². The summed E-state index contributed by atoms with van der Waals surface area (Å²) in [7, 11) is 0. The minimum atomic E-state index is -0.528. The van der Waals surface area contributed by atoms with Crippen molar-refractivity contribution in [3.63, 3.8) is 0 Å². The highest BCUT2D eigenvalue weighted by atomic mass is 35.5. The first-order valence-electron chi connectivity index (χ1n) is 12.2. The van der Waals surface area contributed by atoms with Crippen molar-refractivity contribution in [3.05, 3.63) is 106 Å². The number of nitrogens with one attached hydrogen (secondary N) is 1. The standard InChI is InChI=1S/C30H28ClN3O2/c1-18(2)16-20-8-14-23(15-9-20)32-27(35)17-26-30-28(19(3)34-36-30)24-6-4-5-7-25(24)29(33-26)21-10-12-22(31)13-11-21/h4-15,18,26H,16-17H2,1-3H3,(H,32,35). The van der Waals surface area contributed by atoms with Crippen molar-refractivity contribution >= 4 is 28.9 Å². The molecule has 1 aliphatic heterocycles. The molecule has 0 saturated heterocycles.